The van der Waals surface area contributed by atoms with E-state index in [1.165, 1.54) is 0 Å². The Balaban J connectivity index is 1.55. The van der Waals surface area contributed by atoms with Gasteiger partial charge in [0, 0.05) is 28.1 Å². The molecule has 0 aliphatic carbocycles. The highest BCUT2D eigenvalue weighted by Crippen LogP contribution is 2.59. The molecule has 1 amide bonds. The number of anilines is 2. The fraction of sp³-hybridized carbons (Fsp3) is 0.194. The lowest BCUT2D eigenvalue weighted by Gasteiger charge is -2.39. The van der Waals surface area contributed by atoms with Gasteiger partial charge in [-0.2, -0.15) is 0 Å². The topological polar surface area (TPSA) is 75.7 Å². The van der Waals surface area contributed by atoms with Crippen LogP contribution in [0, 0.1) is 12.8 Å². The van der Waals surface area contributed by atoms with Crippen molar-refractivity contribution in [2.75, 3.05) is 17.3 Å². The summed E-state index contributed by atoms with van der Waals surface area (Å²) in [5.41, 5.74) is 4.93. The van der Waals surface area contributed by atoms with Crippen LogP contribution in [0.5, 0.6) is 5.75 Å². The third-order valence-corrected chi connectivity index (χ3v) is 9.12. The SMILES string of the molecule is COc1ccc(C(=O)C2C(C(=O)c3ccccc3)N3c4ccc(C)cc4C(C)=CC3C23C(=O)Nc2ccccc23)cc1. The molecular weight excluding hydrogens is 524 g/mol. The monoisotopic (exact) mass is 554 g/mol. The van der Waals surface area contributed by atoms with Crippen LogP contribution < -0.4 is 15.0 Å². The van der Waals surface area contributed by atoms with Gasteiger partial charge in [-0.05, 0) is 67.4 Å². The summed E-state index contributed by atoms with van der Waals surface area (Å²) < 4.78 is 5.34. The first-order chi connectivity index (χ1) is 20.4. The number of ether oxygens (including phenoxy) is 1. The molecule has 4 aromatic rings. The van der Waals surface area contributed by atoms with Crippen LogP contribution in [0.4, 0.5) is 11.4 Å². The number of hydrogen-bond donors (Lipinski definition) is 1. The van der Waals surface area contributed by atoms with Crippen molar-refractivity contribution >= 4 is 34.4 Å². The van der Waals surface area contributed by atoms with Gasteiger partial charge in [0.1, 0.15) is 17.2 Å². The number of ketones is 2. The van der Waals surface area contributed by atoms with Gasteiger partial charge in [0.2, 0.25) is 5.91 Å². The zero-order chi connectivity index (χ0) is 29.2. The second kappa shape index (κ2) is 9.55. The summed E-state index contributed by atoms with van der Waals surface area (Å²) in [6, 6.07) is 28.2. The van der Waals surface area contributed by atoms with E-state index in [0.717, 1.165) is 28.0 Å². The summed E-state index contributed by atoms with van der Waals surface area (Å²) >= 11 is 0. The summed E-state index contributed by atoms with van der Waals surface area (Å²) in [6.45, 7) is 4.07. The molecule has 0 aromatic heterocycles. The zero-order valence-corrected chi connectivity index (χ0v) is 23.6. The van der Waals surface area contributed by atoms with Crippen molar-refractivity contribution in [2.45, 2.75) is 31.3 Å². The Hall–Kier alpha value is -4.97. The van der Waals surface area contributed by atoms with Crippen molar-refractivity contribution in [3.63, 3.8) is 0 Å². The molecule has 4 atom stereocenters. The van der Waals surface area contributed by atoms with Crippen molar-refractivity contribution in [2.24, 2.45) is 5.92 Å². The lowest BCUT2D eigenvalue weighted by molar-refractivity contribution is -0.121. The fourth-order valence-electron chi connectivity index (χ4n) is 7.25. The molecule has 0 bridgehead atoms. The lowest BCUT2D eigenvalue weighted by atomic mass is 9.64. The highest BCUT2D eigenvalue weighted by molar-refractivity contribution is 6.18. The molecule has 6 heteroatoms. The Bertz CT molecular complexity index is 1790. The lowest BCUT2D eigenvalue weighted by Crippen LogP contribution is -2.51. The molecule has 3 heterocycles. The van der Waals surface area contributed by atoms with Gasteiger partial charge in [-0.1, -0.05) is 66.2 Å². The van der Waals surface area contributed by atoms with E-state index in [9.17, 15) is 14.4 Å². The molecule has 208 valence electrons. The van der Waals surface area contributed by atoms with Crippen LogP contribution >= 0.6 is 0 Å². The average Bonchev–Trinajstić information content (AvgIpc) is 3.49. The summed E-state index contributed by atoms with van der Waals surface area (Å²) in [6.07, 6.45) is 2.08. The molecule has 1 fully saturated rings. The van der Waals surface area contributed by atoms with E-state index < -0.39 is 23.4 Å². The number of hydrogen-bond acceptors (Lipinski definition) is 5. The van der Waals surface area contributed by atoms with Gasteiger partial charge in [0.25, 0.3) is 0 Å². The number of nitrogens with zero attached hydrogens (tertiary/aromatic N) is 1. The van der Waals surface area contributed by atoms with Crippen LogP contribution in [0.2, 0.25) is 0 Å². The van der Waals surface area contributed by atoms with Crippen molar-refractivity contribution in [1.82, 2.24) is 0 Å². The number of carbonyl (C=O) groups excluding carboxylic acids is 3. The molecule has 3 aliphatic rings. The molecule has 4 aromatic carbocycles. The Kier molecular flexibility index (Phi) is 5.91. The van der Waals surface area contributed by atoms with Crippen LogP contribution in [0.1, 0.15) is 44.3 Å². The van der Waals surface area contributed by atoms with Gasteiger partial charge in [0.15, 0.2) is 11.6 Å². The van der Waals surface area contributed by atoms with E-state index in [0.29, 0.717) is 22.6 Å². The van der Waals surface area contributed by atoms with Crippen molar-refractivity contribution in [3.8, 4) is 5.75 Å². The Morgan fingerprint density at radius 2 is 1.52 bits per heavy atom. The number of allylic oxidation sites excluding steroid dienone is 1. The molecule has 6 nitrogen and oxygen atoms in total. The van der Waals surface area contributed by atoms with E-state index in [-0.39, 0.29) is 17.5 Å². The zero-order valence-electron chi connectivity index (χ0n) is 23.6. The van der Waals surface area contributed by atoms with Gasteiger partial charge in [-0.15, -0.1) is 0 Å². The van der Waals surface area contributed by atoms with Crippen LogP contribution in [0.3, 0.4) is 0 Å². The summed E-state index contributed by atoms with van der Waals surface area (Å²) in [4.78, 5) is 46.1. The van der Waals surface area contributed by atoms with E-state index in [4.69, 9.17) is 4.74 Å². The van der Waals surface area contributed by atoms with Crippen LogP contribution in [0.15, 0.2) is 103 Å². The van der Waals surface area contributed by atoms with Gasteiger partial charge >= 0.3 is 0 Å². The maximum atomic E-state index is 14.9. The number of benzene rings is 4. The largest absolute Gasteiger partial charge is 0.497 e. The van der Waals surface area contributed by atoms with Crippen molar-refractivity contribution in [3.05, 3.63) is 131 Å². The summed E-state index contributed by atoms with van der Waals surface area (Å²) in [5, 5.41) is 3.09. The van der Waals surface area contributed by atoms with Gasteiger partial charge in [0.05, 0.1) is 19.1 Å². The Morgan fingerprint density at radius 1 is 0.833 bits per heavy atom. The number of carbonyl (C=O) groups is 3. The number of aryl methyl sites for hydroxylation is 1. The minimum atomic E-state index is -1.34. The van der Waals surface area contributed by atoms with Crippen molar-refractivity contribution in [1.29, 1.82) is 0 Å². The molecule has 1 saturated heterocycles. The molecule has 1 spiro atoms. The van der Waals surface area contributed by atoms with Gasteiger partial charge in [-0.25, -0.2) is 0 Å². The fourth-order valence-corrected chi connectivity index (χ4v) is 7.25. The number of rotatable bonds is 5. The molecular formula is C36H30N2O4. The van der Waals surface area contributed by atoms with Gasteiger partial charge in [-0.3, -0.25) is 14.4 Å². The summed E-state index contributed by atoms with van der Waals surface area (Å²) in [7, 11) is 1.57. The molecule has 3 aliphatic heterocycles. The van der Waals surface area contributed by atoms with Gasteiger partial charge < -0.3 is 15.0 Å². The third-order valence-electron chi connectivity index (χ3n) is 9.12. The highest BCUT2D eigenvalue weighted by Gasteiger charge is 2.70. The number of para-hydroxylation sites is 1. The minimum absolute atomic E-state index is 0.194. The molecule has 0 radical (unpaired) electrons. The Morgan fingerprint density at radius 3 is 2.26 bits per heavy atom. The second-order valence-electron chi connectivity index (χ2n) is 11.3. The maximum Gasteiger partial charge on any atom is 0.238 e. The predicted octanol–water partition coefficient (Wildman–Crippen LogP) is 6.25. The number of Topliss-reactive ketones (excluding diaryl/α,β-unsaturated/α-hetero) is 2. The number of methoxy groups -OCH3 is 1. The van der Waals surface area contributed by atoms with Crippen LogP contribution in [-0.4, -0.2) is 36.7 Å². The second-order valence-corrected chi connectivity index (χ2v) is 11.3. The number of amides is 1. The number of nitrogens with one attached hydrogen (secondary N) is 1. The molecule has 42 heavy (non-hydrogen) atoms. The molecule has 1 N–H and O–H groups in total. The highest BCUT2D eigenvalue weighted by atomic mass is 16.5. The minimum Gasteiger partial charge on any atom is -0.497 e. The van der Waals surface area contributed by atoms with E-state index in [2.05, 4.69) is 17.5 Å². The van der Waals surface area contributed by atoms with E-state index in [1.807, 2.05) is 73.3 Å². The summed E-state index contributed by atoms with van der Waals surface area (Å²) in [5.74, 6) is -1.11. The molecule has 4 unspecified atom stereocenters. The third kappa shape index (κ3) is 3.54. The number of fused-ring (bicyclic) bond motifs is 6. The predicted molar refractivity (Wildman–Crippen MR) is 163 cm³/mol. The van der Waals surface area contributed by atoms with Crippen molar-refractivity contribution < 1.29 is 19.1 Å². The van der Waals surface area contributed by atoms with Crippen LogP contribution in [0.25, 0.3) is 5.57 Å². The average molecular weight is 555 g/mol. The van der Waals surface area contributed by atoms with Crippen LogP contribution in [-0.2, 0) is 10.2 Å². The quantitative estimate of drug-likeness (QED) is 0.295. The first-order valence-electron chi connectivity index (χ1n) is 14.1. The van der Waals surface area contributed by atoms with E-state index >= 15 is 0 Å². The van der Waals surface area contributed by atoms with E-state index in [1.54, 1.807) is 43.5 Å². The smallest absolute Gasteiger partial charge is 0.238 e. The standard InChI is InChI=1S/C36H30N2O4/c1-21-13-18-29-26(19-21)22(2)20-30-36(27-11-7-8-12-28(27)37-35(36)41)31(33(39)24-14-16-25(42-3)17-15-24)32(38(29)30)34(40)23-9-5-4-6-10-23/h4-20,30-32H,1-3H3,(H,37,41). The molecule has 7 rings (SSSR count). The molecule has 0 saturated carbocycles. The Labute approximate surface area is 244 Å². The first kappa shape index (κ1) is 26.0. The normalized spacial score (nSPS) is 23.5. The first-order valence-corrected chi connectivity index (χ1v) is 14.1. The maximum absolute atomic E-state index is 14.9.